The molecule has 1 heterocycles. The Labute approximate surface area is 122 Å². The first-order valence-electron chi connectivity index (χ1n) is 7.27. The van der Waals surface area contributed by atoms with E-state index in [9.17, 15) is 8.42 Å². The monoisotopic (exact) mass is 308 g/mol. The lowest BCUT2D eigenvalue weighted by molar-refractivity contribution is 0.264. The van der Waals surface area contributed by atoms with Crippen LogP contribution in [0.5, 0.6) is 0 Å². The lowest BCUT2D eigenvalue weighted by atomic mass is 10.2. The summed E-state index contributed by atoms with van der Waals surface area (Å²) in [4.78, 5) is 2.16. The Balaban J connectivity index is 2.19. The van der Waals surface area contributed by atoms with Crippen molar-refractivity contribution < 1.29 is 8.42 Å². The molecule has 6 heteroatoms. The Morgan fingerprint density at radius 2 is 2.05 bits per heavy atom. The fraction of sp³-hybridized carbons (Fsp3) is 1.00. The summed E-state index contributed by atoms with van der Waals surface area (Å²) in [6.07, 6.45) is 6.01. The van der Waals surface area contributed by atoms with Crippen LogP contribution < -0.4 is 5.32 Å². The standard InChI is InChI=1S/C13H28N2O2S2/c1-3-7-14-8-5-4-6-9-15-10-11-18-12-13(15)19(2,16)17/h13-14H,3-12H2,1-2H3. The fourth-order valence-electron chi connectivity index (χ4n) is 2.31. The quantitative estimate of drug-likeness (QED) is 0.655. The van der Waals surface area contributed by atoms with Crippen LogP contribution in [0.2, 0.25) is 0 Å². The Bertz CT molecular complexity index is 334. The highest BCUT2D eigenvalue weighted by Gasteiger charge is 2.30. The van der Waals surface area contributed by atoms with Gasteiger partial charge in [-0.3, -0.25) is 4.90 Å². The van der Waals surface area contributed by atoms with Gasteiger partial charge in [-0.15, -0.1) is 0 Å². The van der Waals surface area contributed by atoms with Crippen LogP contribution in [-0.2, 0) is 9.84 Å². The number of nitrogens with one attached hydrogen (secondary N) is 1. The number of hydrogen-bond acceptors (Lipinski definition) is 5. The smallest absolute Gasteiger partial charge is 0.164 e. The number of unbranched alkanes of at least 4 members (excludes halogenated alkanes) is 2. The maximum absolute atomic E-state index is 11.7. The Morgan fingerprint density at radius 1 is 1.26 bits per heavy atom. The number of thioether (sulfide) groups is 1. The van der Waals surface area contributed by atoms with Gasteiger partial charge in [0.05, 0.1) is 0 Å². The highest BCUT2D eigenvalue weighted by Crippen LogP contribution is 2.20. The van der Waals surface area contributed by atoms with Gasteiger partial charge in [0.1, 0.15) is 5.37 Å². The molecule has 0 aromatic heterocycles. The molecule has 4 nitrogen and oxygen atoms in total. The van der Waals surface area contributed by atoms with Crippen LogP contribution in [0.3, 0.4) is 0 Å². The maximum atomic E-state index is 11.7. The average molecular weight is 309 g/mol. The van der Waals surface area contributed by atoms with Gasteiger partial charge in [0.25, 0.3) is 0 Å². The first kappa shape index (κ1) is 17.3. The molecule has 0 amide bonds. The van der Waals surface area contributed by atoms with Crippen LogP contribution in [0.1, 0.15) is 32.6 Å². The molecule has 0 aliphatic carbocycles. The molecule has 1 rings (SSSR count). The zero-order chi connectivity index (χ0) is 14.1. The van der Waals surface area contributed by atoms with Crippen LogP contribution in [0.15, 0.2) is 0 Å². The summed E-state index contributed by atoms with van der Waals surface area (Å²) < 4.78 is 23.5. The first-order chi connectivity index (χ1) is 9.05. The zero-order valence-corrected chi connectivity index (χ0v) is 13.9. The van der Waals surface area contributed by atoms with Crippen molar-refractivity contribution >= 4 is 21.6 Å². The Kier molecular flexibility index (Phi) is 8.37. The second-order valence-corrected chi connectivity index (χ2v) is 8.56. The van der Waals surface area contributed by atoms with E-state index in [0.29, 0.717) is 0 Å². The normalized spacial score (nSPS) is 21.7. The van der Waals surface area contributed by atoms with Crippen molar-refractivity contribution in [1.29, 1.82) is 0 Å². The van der Waals surface area contributed by atoms with Gasteiger partial charge in [-0.1, -0.05) is 13.3 Å². The van der Waals surface area contributed by atoms with Gasteiger partial charge in [0, 0.05) is 24.3 Å². The van der Waals surface area contributed by atoms with E-state index in [1.807, 2.05) is 0 Å². The lowest BCUT2D eigenvalue weighted by Crippen LogP contribution is -2.47. The highest BCUT2D eigenvalue weighted by molar-refractivity contribution is 8.00. The molecule has 1 saturated heterocycles. The molecule has 0 spiro atoms. The number of nitrogens with zero attached hydrogens (tertiary/aromatic N) is 1. The molecule has 0 bridgehead atoms. The molecule has 0 aromatic carbocycles. The second kappa shape index (κ2) is 9.21. The molecule has 1 N–H and O–H groups in total. The molecule has 114 valence electrons. The molecular formula is C13H28N2O2S2. The van der Waals surface area contributed by atoms with Gasteiger partial charge in [0.15, 0.2) is 9.84 Å². The van der Waals surface area contributed by atoms with Gasteiger partial charge in [-0.25, -0.2) is 8.42 Å². The van der Waals surface area contributed by atoms with E-state index < -0.39 is 9.84 Å². The molecule has 1 unspecified atom stereocenters. The number of hydrogen-bond donors (Lipinski definition) is 1. The van der Waals surface area contributed by atoms with E-state index in [1.54, 1.807) is 11.8 Å². The molecule has 0 aromatic rings. The van der Waals surface area contributed by atoms with Gasteiger partial charge in [0.2, 0.25) is 0 Å². The van der Waals surface area contributed by atoms with Crippen molar-refractivity contribution in [3.8, 4) is 0 Å². The summed E-state index contributed by atoms with van der Waals surface area (Å²) in [5.41, 5.74) is 0. The fourth-order valence-corrected chi connectivity index (χ4v) is 5.28. The predicted molar refractivity (Wildman–Crippen MR) is 84.5 cm³/mol. The minimum absolute atomic E-state index is 0.260. The van der Waals surface area contributed by atoms with E-state index in [-0.39, 0.29) is 5.37 Å². The van der Waals surface area contributed by atoms with Gasteiger partial charge in [-0.2, -0.15) is 11.8 Å². The molecule has 19 heavy (non-hydrogen) atoms. The summed E-state index contributed by atoms with van der Waals surface area (Å²) in [7, 11) is -2.94. The van der Waals surface area contributed by atoms with E-state index in [1.165, 1.54) is 25.5 Å². The van der Waals surface area contributed by atoms with Crippen molar-refractivity contribution in [3.63, 3.8) is 0 Å². The molecule has 0 radical (unpaired) electrons. The van der Waals surface area contributed by atoms with E-state index in [0.717, 1.165) is 44.1 Å². The summed E-state index contributed by atoms with van der Waals surface area (Å²) >= 11 is 1.76. The highest BCUT2D eigenvalue weighted by atomic mass is 32.2. The molecule has 0 saturated carbocycles. The zero-order valence-electron chi connectivity index (χ0n) is 12.2. The second-order valence-electron chi connectivity index (χ2n) is 5.21. The number of sulfone groups is 1. The first-order valence-corrected chi connectivity index (χ1v) is 10.4. The van der Waals surface area contributed by atoms with Crippen molar-refractivity contribution in [2.75, 3.05) is 43.9 Å². The van der Waals surface area contributed by atoms with Crippen molar-refractivity contribution in [2.45, 2.75) is 38.0 Å². The van der Waals surface area contributed by atoms with Crippen LogP contribution in [0.25, 0.3) is 0 Å². The third-order valence-electron chi connectivity index (χ3n) is 3.41. The van der Waals surface area contributed by atoms with Crippen LogP contribution in [-0.4, -0.2) is 62.6 Å². The van der Waals surface area contributed by atoms with Crippen LogP contribution in [0.4, 0.5) is 0 Å². The molecule has 1 atom stereocenters. The minimum atomic E-state index is -2.94. The summed E-state index contributed by atoms with van der Waals surface area (Å²) in [5.74, 6) is 1.79. The van der Waals surface area contributed by atoms with E-state index >= 15 is 0 Å². The van der Waals surface area contributed by atoms with Gasteiger partial charge < -0.3 is 5.32 Å². The third kappa shape index (κ3) is 6.97. The largest absolute Gasteiger partial charge is 0.317 e. The van der Waals surface area contributed by atoms with Crippen molar-refractivity contribution in [3.05, 3.63) is 0 Å². The van der Waals surface area contributed by atoms with Gasteiger partial charge >= 0.3 is 0 Å². The van der Waals surface area contributed by atoms with Gasteiger partial charge in [-0.05, 0) is 38.9 Å². The molecule has 1 aliphatic heterocycles. The Hall–Kier alpha value is 0.220. The van der Waals surface area contributed by atoms with E-state index in [2.05, 4.69) is 17.1 Å². The predicted octanol–water partition coefficient (Wildman–Crippen LogP) is 1.58. The molecule has 1 fully saturated rings. The van der Waals surface area contributed by atoms with Crippen LogP contribution in [0, 0.1) is 0 Å². The van der Waals surface area contributed by atoms with Crippen molar-refractivity contribution in [1.82, 2.24) is 10.2 Å². The van der Waals surface area contributed by atoms with Crippen LogP contribution >= 0.6 is 11.8 Å². The average Bonchev–Trinajstić information content (AvgIpc) is 2.37. The SMILES string of the molecule is CCCNCCCCCN1CCSCC1S(C)(=O)=O. The number of rotatable bonds is 9. The molecule has 1 aliphatic rings. The van der Waals surface area contributed by atoms with Crippen molar-refractivity contribution in [2.24, 2.45) is 0 Å². The maximum Gasteiger partial charge on any atom is 0.164 e. The third-order valence-corrected chi connectivity index (χ3v) is 6.10. The summed E-state index contributed by atoms with van der Waals surface area (Å²) in [6.45, 7) is 6.19. The lowest BCUT2D eigenvalue weighted by Gasteiger charge is -2.33. The summed E-state index contributed by atoms with van der Waals surface area (Å²) in [5, 5.41) is 3.13. The van der Waals surface area contributed by atoms with E-state index in [4.69, 9.17) is 0 Å². The molecular weight excluding hydrogens is 280 g/mol. The minimum Gasteiger partial charge on any atom is -0.317 e. The topological polar surface area (TPSA) is 49.4 Å². The summed E-state index contributed by atoms with van der Waals surface area (Å²) in [6, 6.07) is 0. The Morgan fingerprint density at radius 3 is 2.74 bits per heavy atom.